The van der Waals surface area contributed by atoms with Crippen LogP contribution in [0.15, 0.2) is 30.3 Å². The molecule has 2 heterocycles. The number of likely N-dealkylation sites (tertiary alicyclic amines) is 1. The van der Waals surface area contributed by atoms with Gasteiger partial charge in [-0.3, -0.25) is 0 Å². The molecular weight excluding hydrogens is 347 g/mol. The van der Waals surface area contributed by atoms with Crippen LogP contribution in [-0.2, 0) is 0 Å². The standard InChI is InChI=1S/C18H20ClFN2OS/c1-12-6-9-17(24-12)16-5-3-2-4-10-22(16)18(23)21-13-7-8-15(20)14(19)11-13/h6-9,11,16H,2-5,10H2,1H3,(H,21,23)/t16-/m1/s1. The Labute approximate surface area is 150 Å². The summed E-state index contributed by atoms with van der Waals surface area (Å²) >= 11 is 7.54. The number of carbonyl (C=O) groups is 1. The van der Waals surface area contributed by atoms with Crippen LogP contribution in [-0.4, -0.2) is 17.5 Å². The molecule has 2 amide bonds. The van der Waals surface area contributed by atoms with Gasteiger partial charge in [-0.05, 0) is 50.1 Å². The molecule has 1 saturated heterocycles. The van der Waals surface area contributed by atoms with Crippen molar-refractivity contribution >= 4 is 34.7 Å². The Balaban J connectivity index is 1.80. The van der Waals surface area contributed by atoms with Crippen LogP contribution >= 0.6 is 22.9 Å². The molecule has 0 aliphatic carbocycles. The van der Waals surface area contributed by atoms with E-state index in [1.165, 1.54) is 28.0 Å². The number of hydrogen-bond donors (Lipinski definition) is 1. The smallest absolute Gasteiger partial charge is 0.317 e. The number of anilines is 1. The van der Waals surface area contributed by atoms with Crippen LogP contribution < -0.4 is 5.32 Å². The van der Waals surface area contributed by atoms with Crippen molar-refractivity contribution in [2.45, 2.75) is 38.6 Å². The molecule has 1 aliphatic rings. The largest absolute Gasteiger partial charge is 0.322 e. The van der Waals surface area contributed by atoms with Gasteiger partial charge < -0.3 is 10.2 Å². The zero-order chi connectivity index (χ0) is 17.1. The molecule has 0 bridgehead atoms. The predicted octanol–water partition coefficient (Wildman–Crippen LogP) is 6.00. The van der Waals surface area contributed by atoms with E-state index in [0.29, 0.717) is 5.69 Å². The van der Waals surface area contributed by atoms with Gasteiger partial charge >= 0.3 is 6.03 Å². The van der Waals surface area contributed by atoms with Crippen LogP contribution in [0.2, 0.25) is 5.02 Å². The summed E-state index contributed by atoms with van der Waals surface area (Å²) in [5, 5.41) is 2.86. The first-order chi connectivity index (χ1) is 11.5. The van der Waals surface area contributed by atoms with E-state index in [1.807, 2.05) is 4.90 Å². The molecule has 0 saturated carbocycles. The summed E-state index contributed by atoms with van der Waals surface area (Å²) in [6.07, 6.45) is 4.22. The second-order valence-corrected chi connectivity index (χ2v) is 7.79. The van der Waals surface area contributed by atoms with Crippen molar-refractivity contribution in [2.24, 2.45) is 0 Å². The zero-order valence-electron chi connectivity index (χ0n) is 13.5. The van der Waals surface area contributed by atoms with E-state index in [9.17, 15) is 9.18 Å². The topological polar surface area (TPSA) is 32.3 Å². The van der Waals surface area contributed by atoms with Gasteiger partial charge in [0.2, 0.25) is 0 Å². The van der Waals surface area contributed by atoms with Crippen molar-refractivity contribution in [1.29, 1.82) is 0 Å². The molecule has 0 spiro atoms. The highest BCUT2D eigenvalue weighted by Gasteiger charge is 2.27. The van der Waals surface area contributed by atoms with E-state index >= 15 is 0 Å². The number of amides is 2. The van der Waals surface area contributed by atoms with Gasteiger partial charge in [0.1, 0.15) is 5.82 Å². The Bertz CT molecular complexity index is 734. The SMILES string of the molecule is Cc1ccc([C@H]2CCCCCN2C(=O)Nc2ccc(F)c(Cl)c2)s1. The minimum absolute atomic E-state index is 0.00842. The quantitative estimate of drug-likeness (QED) is 0.694. The summed E-state index contributed by atoms with van der Waals surface area (Å²) < 4.78 is 13.3. The zero-order valence-corrected chi connectivity index (χ0v) is 15.1. The average Bonchev–Trinajstić information content (AvgIpc) is 2.83. The van der Waals surface area contributed by atoms with Crippen LogP contribution in [0.3, 0.4) is 0 Å². The number of hydrogen-bond acceptors (Lipinski definition) is 2. The molecule has 2 aromatic rings. The van der Waals surface area contributed by atoms with Crippen molar-refractivity contribution in [2.75, 3.05) is 11.9 Å². The molecule has 1 aromatic carbocycles. The number of aryl methyl sites for hydroxylation is 1. The van der Waals surface area contributed by atoms with Crippen molar-refractivity contribution in [3.63, 3.8) is 0 Å². The van der Waals surface area contributed by atoms with Crippen molar-refractivity contribution in [3.8, 4) is 0 Å². The lowest BCUT2D eigenvalue weighted by Crippen LogP contribution is -2.37. The number of urea groups is 1. The number of nitrogens with zero attached hydrogens (tertiary/aromatic N) is 1. The third kappa shape index (κ3) is 3.90. The summed E-state index contributed by atoms with van der Waals surface area (Å²) in [5.41, 5.74) is 0.511. The highest BCUT2D eigenvalue weighted by Crippen LogP contribution is 2.34. The van der Waals surface area contributed by atoms with E-state index in [0.717, 1.165) is 32.2 Å². The van der Waals surface area contributed by atoms with Gasteiger partial charge in [0.15, 0.2) is 0 Å². The number of thiophene rings is 1. The van der Waals surface area contributed by atoms with Crippen LogP contribution in [0.1, 0.15) is 41.5 Å². The maximum Gasteiger partial charge on any atom is 0.322 e. The summed E-state index contributed by atoms with van der Waals surface area (Å²) in [6, 6.07) is 8.39. The molecule has 1 aliphatic heterocycles. The van der Waals surface area contributed by atoms with Crippen molar-refractivity contribution < 1.29 is 9.18 Å². The first-order valence-corrected chi connectivity index (χ1v) is 9.33. The van der Waals surface area contributed by atoms with Gasteiger partial charge in [0.05, 0.1) is 11.1 Å². The fraction of sp³-hybridized carbons (Fsp3) is 0.389. The third-order valence-corrected chi connectivity index (χ3v) is 5.67. The Morgan fingerprint density at radius 1 is 1.29 bits per heavy atom. The Hall–Kier alpha value is -1.59. The van der Waals surface area contributed by atoms with Gasteiger partial charge in [-0.1, -0.05) is 24.4 Å². The van der Waals surface area contributed by atoms with E-state index in [-0.39, 0.29) is 17.1 Å². The highest BCUT2D eigenvalue weighted by molar-refractivity contribution is 7.12. The fourth-order valence-electron chi connectivity index (χ4n) is 3.05. The molecular formula is C18H20ClFN2OS. The van der Waals surface area contributed by atoms with Gasteiger partial charge in [-0.25, -0.2) is 9.18 Å². The number of rotatable bonds is 2. The number of carbonyl (C=O) groups excluding carboxylic acids is 1. The molecule has 6 heteroatoms. The van der Waals surface area contributed by atoms with Crippen LogP contribution in [0.25, 0.3) is 0 Å². The lowest BCUT2D eigenvalue weighted by molar-refractivity contribution is 0.190. The highest BCUT2D eigenvalue weighted by atomic mass is 35.5. The molecule has 1 atom stereocenters. The molecule has 3 nitrogen and oxygen atoms in total. The maximum atomic E-state index is 13.3. The molecule has 24 heavy (non-hydrogen) atoms. The Kier molecular flexibility index (Phi) is 5.41. The molecule has 0 radical (unpaired) electrons. The van der Waals surface area contributed by atoms with Crippen molar-refractivity contribution in [3.05, 3.63) is 50.9 Å². The first-order valence-electron chi connectivity index (χ1n) is 8.13. The lowest BCUT2D eigenvalue weighted by Gasteiger charge is -2.29. The summed E-state index contributed by atoms with van der Waals surface area (Å²) in [7, 11) is 0. The van der Waals surface area contributed by atoms with Gasteiger partial charge in [0, 0.05) is 22.0 Å². The summed E-state index contributed by atoms with van der Waals surface area (Å²) in [4.78, 5) is 17.2. The summed E-state index contributed by atoms with van der Waals surface area (Å²) in [6.45, 7) is 2.80. The van der Waals surface area contributed by atoms with E-state index in [1.54, 1.807) is 11.3 Å². The van der Waals surface area contributed by atoms with Crippen LogP contribution in [0, 0.1) is 12.7 Å². The second kappa shape index (κ2) is 7.53. The minimum atomic E-state index is -0.489. The van der Waals surface area contributed by atoms with Gasteiger partial charge in [0.25, 0.3) is 0 Å². The number of nitrogens with one attached hydrogen (secondary N) is 1. The molecule has 3 rings (SSSR count). The lowest BCUT2D eigenvalue weighted by atomic mass is 10.1. The third-order valence-electron chi connectivity index (χ3n) is 4.27. The van der Waals surface area contributed by atoms with E-state index < -0.39 is 5.82 Å². The molecule has 0 unspecified atom stereocenters. The maximum absolute atomic E-state index is 13.3. The average molecular weight is 367 g/mol. The van der Waals surface area contributed by atoms with Crippen LogP contribution in [0.5, 0.6) is 0 Å². The number of halogens is 2. The molecule has 128 valence electrons. The van der Waals surface area contributed by atoms with Gasteiger partial charge in [-0.15, -0.1) is 11.3 Å². The molecule has 1 N–H and O–H groups in total. The first kappa shape index (κ1) is 17.2. The minimum Gasteiger partial charge on any atom is -0.317 e. The van der Waals surface area contributed by atoms with Gasteiger partial charge in [-0.2, -0.15) is 0 Å². The molecule has 1 aromatic heterocycles. The Morgan fingerprint density at radius 3 is 2.83 bits per heavy atom. The predicted molar refractivity (Wildman–Crippen MR) is 97.4 cm³/mol. The summed E-state index contributed by atoms with van der Waals surface area (Å²) in [5.74, 6) is -0.489. The van der Waals surface area contributed by atoms with Crippen molar-refractivity contribution in [1.82, 2.24) is 4.90 Å². The van der Waals surface area contributed by atoms with E-state index in [2.05, 4.69) is 24.4 Å². The monoisotopic (exact) mass is 366 g/mol. The second-order valence-electron chi connectivity index (χ2n) is 6.07. The van der Waals surface area contributed by atoms with E-state index in [4.69, 9.17) is 11.6 Å². The fourth-order valence-corrected chi connectivity index (χ4v) is 4.25. The number of benzene rings is 1. The Morgan fingerprint density at radius 2 is 2.12 bits per heavy atom. The normalized spacial score (nSPS) is 18.3. The molecule has 1 fully saturated rings. The van der Waals surface area contributed by atoms with Crippen LogP contribution in [0.4, 0.5) is 14.9 Å².